The predicted octanol–water partition coefficient (Wildman–Crippen LogP) is 4.05. The van der Waals surface area contributed by atoms with Crippen molar-refractivity contribution < 1.29 is 19.0 Å². The third kappa shape index (κ3) is 7.81. The molecule has 0 saturated heterocycles. The molecule has 2 aromatic rings. The maximum absolute atomic E-state index is 12.6. The molecule has 0 heterocycles. The smallest absolute Gasteiger partial charge is 0.228 e. The number of rotatable bonds is 8. The zero-order chi connectivity index (χ0) is 23.0. The van der Waals surface area contributed by atoms with Crippen LogP contribution in [0, 0.1) is 0 Å². The van der Waals surface area contributed by atoms with E-state index < -0.39 is 15.9 Å². The minimum absolute atomic E-state index is 0.0117. The lowest BCUT2D eigenvalue weighted by molar-refractivity contribution is -0.121. The molecule has 0 aliphatic rings. The standard InChI is InChI=1S/C20H22Cl3N3O4S/c1-28-14-6-4-5-13(10-14)24-19(31)26-18(20(21,22)23)25-17(27)9-12-7-8-15(29-2)11-16(12)30-3/h4-8,10-11,18H,9H2,1-3H3,(H,25,27)(H2,24,26,31). The maximum atomic E-state index is 12.6. The average molecular weight is 507 g/mol. The molecule has 0 bridgehead atoms. The van der Waals surface area contributed by atoms with Crippen LogP contribution < -0.4 is 30.2 Å². The number of ether oxygens (including phenoxy) is 3. The SMILES string of the molecule is COc1cccc(NC(=S)NC(NC(=O)Cc2ccc(OC)cc2OC)C(Cl)(Cl)Cl)c1. The molecular formula is C20H22Cl3N3O4S. The molecule has 11 heteroatoms. The van der Waals surface area contributed by atoms with Crippen LogP contribution in [-0.4, -0.2) is 42.3 Å². The number of nitrogens with one attached hydrogen (secondary N) is 3. The first kappa shape index (κ1) is 25.1. The van der Waals surface area contributed by atoms with Gasteiger partial charge in [0.25, 0.3) is 0 Å². The van der Waals surface area contributed by atoms with Crippen LogP contribution in [0.25, 0.3) is 0 Å². The summed E-state index contributed by atoms with van der Waals surface area (Å²) in [7, 11) is 4.60. The number of hydrogen-bond donors (Lipinski definition) is 3. The maximum Gasteiger partial charge on any atom is 0.228 e. The lowest BCUT2D eigenvalue weighted by atomic mass is 10.1. The van der Waals surface area contributed by atoms with Crippen LogP contribution in [0.3, 0.4) is 0 Å². The molecule has 1 unspecified atom stereocenters. The molecule has 0 aliphatic carbocycles. The van der Waals surface area contributed by atoms with Gasteiger partial charge < -0.3 is 30.2 Å². The Labute approximate surface area is 201 Å². The van der Waals surface area contributed by atoms with Crippen molar-refractivity contribution in [3.8, 4) is 17.2 Å². The molecule has 2 aromatic carbocycles. The predicted molar refractivity (Wildman–Crippen MR) is 128 cm³/mol. The highest BCUT2D eigenvalue weighted by Crippen LogP contribution is 2.30. The Kier molecular flexibility index (Phi) is 9.31. The molecule has 0 aliphatic heterocycles. The van der Waals surface area contributed by atoms with Crippen LogP contribution in [0.1, 0.15) is 5.56 Å². The minimum atomic E-state index is -1.88. The number of amides is 1. The van der Waals surface area contributed by atoms with Gasteiger partial charge in [-0.3, -0.25) is 4.79 Å². The molecule has 0 aromatic heterocycles. The fraction of sp³-hybridized carbons (Fsp3) is 0.300. The third-order valence-corrected chi connectivity index (χ3v) is 4.96. The molecule has 0 fully saturated rings. The summed E-state index contributed by atoms with van der Waals surface area (Å²) in [5.41, 5.74) is 1.30. The van der Waals surface area contributed by atoms with Gasteiger partial charge in [0.1, 0.15) is 23.4 Å². The summed E-state index contributed by atoms with van der Waals surface area (Å²) >= 11 is 23.4. The van der Waals surface area contributed by atoms with Gasteiger partial charge in [0.2, 0.25) is 9.70 Å². The second-order valence-electron chi connectivity index (χ2n) is 6.23. The first-order valence-corrected chi connectivity index (χ1v) is 10.5. The number of hydrogen-bond acceptors (Lipinski definition) is 5. The first-order valence-electron chi connectivity index (χ1n) is 8.94. The molecular weight excluding hydrogens is 485 g/mol. The van der Waals surface area contributed by atoms with Crippen LogP contribution in [0.4, 0.5) is 5.69 Å². The number of halogens is 3. The van der Waals surface area contributed by atoms with E-state index in [0.717, 1.165) is 0 Å². The van der Waals surface area contributed by atoms with Crippen molar-refractivity contribution in [2.24, 2.45) is 0 Å². The molecule has 31 heavy (non-hydrogen) atoms. The third-order valence-electron chi connectivity index (χ3n) is 4.08. The summed E-state index contributed by atoms with van der Waals surface area (Å²) < 4.78 is 13.8. The van der Waals surface area contributed by atoms with Crippen LogP contribution in [0.5, 0.6) is 17.2 Å². The number of thiocarbonyl (C=S) groups is 1. The summed E-state index contributed by atoms with van der Waals surface area (Å²) in [5.74, 6) is 1.35. The van der Waals surface area contributed by atoms with Crippen molar-refractivity contribution in [3.63, 3.8) is 0 Å². The van der Waals surface area contributed by atoms with E-state index in [-0.39, 0.29) is 11.5 Å². The zero-order valence-electron chi connectivity index (χ0n) is 17.0. The summed E-state index contributed by atoms with van der Waals surface area (Å²) in [6.45, 7) is 0. The van der Waals surface area contributed by atoms with Gasteiger partial charge in [0.15, 0.2) is 5.11 Å². The Bertz CT molecular complexity index is 925. The van der Waals surface area contributed by atoms with Gasteiger partial charge in [-0.15, -0.1) is 0 Å². The van der Waals surface area contributed by atoms with Crippen LogP contribution >= 0.6 is 47.0 Å². The van der Waals surface area contributed by atoms with Crippen molar-refractivity contribution in [1.82, 2.24) is 10.6 Å². The highest BCUT2D eigenvalue weighted by atomic mass is 35.6. The fourth-order valence-electron chi connectivity index (χ4n) is 2.58. The Morgan fingerprint density at radius 2 is 1.68 bits per heavy atom. The van der Waals surface area contributed by atoms with Crippen molar-refractivity contribution in [2.75, 3.05) is 26.6 Å². The lowest BCUT2D eigenvalue weighted by Gasteiger charge is -2.28. The van der Waals surface area contributed by atoms with E-state index in [9.17, 15) is 4.79 Å². The highest BCUT2D eigenvalue weighted by molar-refractivity contribution is 7.80. The van der Waals surface area contributed by atoms with E-state index in [1.807, 2.05) is 0 Å². The van der Waals surface area contributed by atoms with Gasteiger partial charge in [-0.1, -0.05) is 46.9 Å². The van der Waals surface area contributed by atoms with Gasteiger partial charge in [-0.2, -0.15) is 0 Å². The Balaban J connectivity index is 2.05. The second-order valence-corrected chi connectivity index (χ2v) is 9.00. The Morgan fingerprint density at radius 3 is 2.29 bits per heavy atom. The number of benzene rings is 2. The average Bonchev–Trinajstić information content (AvgIpc) is 2.72. The molecule has 0 spiro atoms. The zero-order valence-corrected chi connectivity index (χ0v) is 20.1. The van der Waals surface area contributed by atoms with E-state index in [1.54, 1.807) is 56.7 Å². The normalized spacial score (nSPS) is 11.8. The van der Waals surface area contributed by atoms with Crippen LogP contribution in [0.2, 0.25) is 0 Å². The largest absolute Gasteiger partial charge is 0.497 e. The lowest BCUT2D eigenvalue weighted by Crippen LogP contribution is -2.56. The van der Waals surface area contributed by atoms with E-state index >= 15 is 0 Å². The van der Waals surface area contributed by atoms with E-state index in [4.69, 9.17) is 61.2 Å². The van der Waals surface area contributed by atoms with Gasteiger partial charge in [0.05, 0.1) is 27.8 Å². The number of carbonyl (C=O) groups is 1. The van der Waals surface area contributed by atoms with Gasteiger partial charge in [-0.25, -0.2) is 0 Å². The minimum Gasteiger partial charge on any atom is -0.497 e. The number of methoxy groups -OCH3 is 3. The molecule has 1 atom stereocenters. The summed E-state index contributed by atoms with van der Waals surface area (Å²) in [5, 5.41) is 8.54. The summed E-state index contributed by atoms with van der Waals surface area (Å²) in [6, 6.07) is 12.2. The van der Waals surface area contributed by atoms with E-state index in [1.165, 1.54) is 7.11 Å². The van der Waals surface area contributed by atoms with E-state index in [2.05, 4.69) is 16.0 Å². The Hall–Kier alpha value is -2.13. The van der Waals surface area contributed by atoms with Crippen LogP contribution in [0.15, 0.2) is 42.5 Å². The van der Waals surface area contributed by atoms with Gasteiger partial charge in [0, 0.05) is 23.4 Å². The topological polar surface area (TPSA) is 80.9 Å². The van der Waals surface area contributed by atoms with Gasteiger partial charge in [-0.05, 0) is 30.4 Å². The van der Waals surface area contributed by atoms with Gasteiger partial charge >= 0.3 is 0 Å². The molecule has 0 radical (unpaired) electrons. The molecule has 2 rings (SSSR count). The number of alkyl halides is 3. The number of carbonyl (C=O) groups excluding carboxylic acids is 1. The molecule has 3 N–H and O–H groups in total. The monoisotopic (exact) mass is 505 g/mol. The van der Waals surface area contributed by atoms with Crippen molar-refractivity contribution in [3.05, 3.63) is 48.0 Å². The summed E-state index contributed by atoms with van der Waals surface area (Å²) in [4.78, 5) is 12.6. The van der Waals surface area contributed by atoms with E-state index in [0.29, 0.717) is 28.5 Å². The summed E-state index contributed by atoms with van der Waals surface area (Å²) in [6.07, 6.45) is -1.11. The molecule has 7 nitrogen and oxygen atoms in total. The van der Waals surface area contributed by atoms with Crippen molar-refractivity contribution >= 4 is 63.7 Å². The molecule has 168 valence electrons. The first-order chi connectivity index (χ1) is 14.7. The fourth-order valence-corrected chi connectivity index (χ4v) is 3.14. The van der Waals surface area contributed by atoms with Crippen molar-refractivity contribution in [1.29, 1.82) is 0 Å². The highest BCUT2D eigenvalue weighted by Gasteiger charge is 2.34. The quantitative estimate of drug-likeness (QED) is 0.283. The second kappa shape index (κ2) is 11.5. The number of anilines is 1. The van der Waals surface area contributed by atoms with Crippen LogP contribution in [-0.2, 0) is 11.2 Å². The molecule has 0 saturated carbocycles. The Morgan fingerprint density at radius 1 is 1.00 bits per heavy atom. The molecule has 1 amide bonds. The van der Waals surface area contributed by atoms with Crippen molar-refractivity contribution in [2.45, 2.75) is 16.4 Å².